The molecule has 5 nitrogen and oxygen atoms in total. The summed E-state index contributed by atoms with van der Waals surface area (Å²) in [5, 5.41) is 8.28. The second kappa shape index (κ2) is 5.84. The molecule has 0 fully saturated rings. The Morgan fingerprint density at radius 1 is 1.67 bits per heavy atom. The molecule has 0 aliphatic heterocycles. The molecule has 0 saturated carbocycles. The molecule has 0 radical (unpaired) electrons. The Hall–Kier alpha value is -0.750. The third-order valence-electron chi connectivity index (χ3n) is 1.21. The second-order valence-corrected chi connectivity index (χ2v) is 2.82. The number of carboxylic acid groups (broad SMARTS) is 1. The molecule has 0 saturated heterocycles. The van der Waals surface area contributed by atoms with Crippen LogP contribution in [0.25, 0.3) is 0 Å². The lowest BCUT2D eigenvalue weighted by molar-refractivity contribution is -0.137. The zero-order valence-corrected chi connectivity index (χ0v) is 7.56. The van der Waals surface area contributed by atoms with E-state index in [4.69, 9.17) is 10.8 Å². The van der Waals surface area contributed by atoms with E-state index in [9.17, 15) is 9.59 Å². The van der Waals surface area contributed by atoms with Gasteiger partial charge in [-0.05, 0) is 6.42 Å². The summed E-state index contributed by atoms with van der Waals surface area (Å²) in [6.07, 6.45) is 1.78. The van der Waals surface area contributed by atoms with Gasteiger partial charge in [0.25, 0.3) is 0 Å². The maximum Gasteiger partial charge on any atom is 0.303 e. The lowest BCUT2D eigenvalue weighted by Crippen LogP contribution is -2.37. The van der Waals surface area contributed by atoms with Crippen molar-refractivity contribution in [2.75, 3.05) is 6.26 Å². The van der Waals surface area contributed by atoms with Crippen LogP contribution in [0.5, 0.6) is 0 Å². The number of hydrogen-bond acceptors (Lipinski definition) is 4. The summed E-state index contributed by atoms with van der Waals surface area (Å²) in [5.74, 6) is -1.27. The van der Waals surface area contributed by atoms with E-state index in [-0.39, 0.29) is 18.7 Å². The van der Waals surface area contributed by atoms with Gasteiger partial charge in [-0.2, -0.15) is 0 Å². The zero-order chi connectivity index (χ0) is 9.56. The molecule has 0 spiro atoms. The van der Waals surface area contributed by atoms with Crippen LogP contribution in [-0.4, -0.2) is 29.3 Å². The van der Waals surface area contributed by atoms with Crippen LogP contribution in [0.3, 0.4) is 0 Å². The summed E-state index contributed by atoms with van der Waals surface area (Å²) >= 11 is 1.15. The third kappa shape index (κ3) is 4.97. The van der Waals surface area contributed by atoms with E-state index in [2.05, 4.69) is 4.72 Å². The number of carbonyl (C=O) groups is 2. The fourth-order valence-electron chi connectivity index (χ4n) is 0.586. The highest BCUT2D eigenvalue weighted by Gasteiger charge is 2.13. The lowest BCUT2D eigenvalue weighted by atomic mass is 10.1. The van der Waals surface area contributed by atoms with E-state index in [1.54, 1.807) is 6.26 Å². The van der Waals surface area contributed by atoms with Crippen molar-refractivity contribution in [3.05, 3.63) is 0 Å². The largest absolute Gasteiger partial charge is 0.481 e. The first-order valence-corrected chi connectivity index (χ1v) is 4.60. The molecule has 0 aliphatic carbocycles. The molecule has 0 aromatic heterocycles. The Morgan fingerprint density at radius 3 is 2.67 bits per heavy atom. The van der Waals surface area contributed by atoms with Crippen LogP contribution in [0.2, 0.25) is 0 Å². The van der Waals surface area contributed by atoms with Gasteiger partial charge in [-0.1, -0.05) is 11.9 Å². The highest BCUT2D eigenvalue weighted by atomic mass is 32.2. The van der Waals surface area contributed by atoms with Gasteiger partial charge in [0.2, 0.25) is 5.91 Å². The maximum atomic E-state index is 10.9. The fraction of sp³-hybridized carbons (Fsp3) is 0.667. The average Bonchev–Trinajstić information content (AvgIpc) is 2.00. The minimum Gasteiger partial charge on any atom is -0.481 e. The number of carbonyl (C=O) groups excluding carboxylic acids is 1. The molecule has 70 valence electrons. The molecular weight excluding hydrogens is 180 g/mol. The minimum atomic E-state index is -0.942. The highest BCUT2D eigenvalue weighted by Crippen LogP contribution is 1.96. The predicted molar refractivity (Wildman–Crippen MR) is 46.5 cm³/mol. The summed E-state index contributed by atoms with van der Waals surface area (Å²) < 4.78 is 2.43. The number of rotatable bonds is 5. The second-order valence-electron chi connectivity index (χ2n) is 2.21. The SMILES string of the molecule is CSNC(=O)C(N)CCC(=O)O. The minimum absolute atomic E-state index is 0.0804. The summed E-state index contributed by atoms with van der Waals surface area (Å²) in [6, 6.07) is -0.728. The first-order valence-electron chi connectivity index (χ1n) is 3.38. The number of nitrogens with one attached hydrogen (secondary N) is 1. The quantitative estimate of drug-likeness (QED) is 0.514. The van der Waals surface area contributed by atoms with E-state index >= 15 is 0 Å². The maximum absolute atomic E-state index is 10.9. The van der Waals surface area contributed by atoms with Gasteiger partial charge in [0.15, 0.2) is 0 Å². The Balaban J connectivity index is 3.63. The summed E-state index contributed by atoms with van der Waals surface area (Å²) in [4.78, 5) is 21.0. The molecule has 0 heterocycles. The van der Waals surface area contributed by atoms with Crippen molar-refractivity contribution in [1.29, 1.82) is 0 Å². The van der Waals surface area contributed by atoms with Gasteiger partial charge < -0.3 is 10.8 Å². The monoisotopic (exact) mass is 192 g/mol. The number of nitrogens with two attached hydrogens (primary N) is 1. The van der Waals surface area contributed by atoms with E-state index in [1.807, 2.05) is 0 Å². The Labute approximate surface area is 74.8 Å². The van der Waals surface area contributed by atoms with Crippen molar-refractivity contribution in [1.82, 2.24) is 4.72 Å². The van der Waals surface area contributed by atoms with Crippen LogP contribution in [0.15, 0.2) is 0 Å². The van der Waals surface area contributed by atoms with Gasteiger partial charge in [0.05, 0.1) is 6.04 Å². The van der Waals surface area contributed by atoms with Gasteiger partial charge in [-0.3, -0.25) is 14.3 Å². The number of amides is 1. The van der Waals surface area contributed by atoms with E-state index in [0.717, 1.165) is 11.9 Å². The Morgan fingerprint density at radius 2 is 2.25 bits per heavy atom. The molecule has 0 bridgehead atoms. The molecule has 0 aromatic carbocycles. The standard InChI is InChI=1S/C6H12N2O3S/c1-12-8-6(11)4(7)2-3-5(9)10/h4H,2-3,7H2,1H3,(H,8,11)(H,9,10). The van der Waals surface area contributed by atoms with Crippen molar-refractivity contribution in [2.45, 2.75) is 18.9 Å². The third-order valence-corrected chi connectivity index (χ3v) is 1.61. The first-order chi connectivity index (χ1) is 5.57. The van der Waals surface area contributed by atoms with Crippen LogP contribution in [0.1, 0.15) is 12.8 Å². The smallest absolute Gasteiger partial charge is 0.303 e. The van der Waals surface area contributed by atoms with Gasteiger partial charge in [-0.25, -0.2) is 0 Å². The normalized spacial score (nSPS) is 12.2. The van der Waals surface area contributed by atoms with Gasteiger partial charge >= 0.3 is 5.97 Å². The van der Waals surface area contributed by atoms with E-state index in [0.29, 0.717) is 0 Å². The van der Waals surface area contributed by atoms with E-state index < -0.39 is 12.0 Å². The average molecular weight is 192 g/mol. The van der Waals surface area contributed by atoms with Crippen molar-refractivity contribution in [2.24, 2.45) is 5.73 Å². The van der Waals surface area contributed by atoms with Crippen molar-refractivity contribution in [3.63, 3.8) is 0 Å². The van der Waals surface area contributed by atoms with Gasteiger partial charge in [-0.15, -0.1) is 0 Å². The van der Waals surface area contributed by atoms with Crippen molar-refractivity contribution in [3.8, 4) is 0 Å². The molecule has 1 unspecified atom stereocenters. The molecule has 0 aliphatic rings. The molecule has 1 atom stereocenters. The highest BCUT2D eigenvalue weighted by molar-refractivity contribution is 7.97. The number of carboxylic acids is 1. The molecule has 12 heavy (non-hydrogen) atoms. The van der Waals surface area contributed by atoms with Gasteiger partial charge in [0, 0.05) is 12.7 Å². The van der Waals surface area contributed by atoms with Crippen molar-refractivity contribution >= 4 is 23.8 Å². The first kappa shape index (κ1) is 11.2. The lowest BCUT2D eigenvalue weighted by Gasteiger charge is -2.08. The Kier molecular flexibility index (Phi) is 5.48. The van der Waals surface area contributed by atoms with Crippen LogP contribution in [0.4, 0.5) is 0 Å². The van der Waals surface area contributed by atoms with Crippen LogP contribution < -0.4 is 10.5 Å². The summed E-state index contributed by atoms with van der Waals surface area (Å²) in [7, 11) is 0. The molecule has 6 heteroatoms. The molecule has 0 rings (SSSR count). The summed E-state index contributed by atoms with van der Waals surface area (Å²) in [6.45, 7) is 0. The number of aliphatic carboxylic acids is 1. The topological polar surface area (TPSA) is 92.4 Å². The summed E-state index contributed by atoms with van der Waals surface area (Å²) in [5.41, 5.74) is 5.36. The van der Waals surface area contributed by atoms with E-state index in [1.165, 1.54) is 0 Å². The molecule has 4 N–H and O–H groups in total. The van der Waals surface area contributed by atoms with Crippen molar-refractivity contribution < 1.29 is 14.7 Å². The van der Waals surface area contributed by atoms with Crippen LogP contribution in [0, 0.1) is 0 Å². The number of hydrogen-bond donors (Lipinski definition) is 3. The Bertz CT molecular complexity index is 174. The van der Waals surface area contributed by atoms with Gasteiger partial charge in [0.1, 0.15) is 0 Å². The van der Waals surface area contributed by atoms with Crippen LogP contribution >= 0.6 is 11.9 Å². The zero-order valence-electron chi connectivity index (χ0n) is 6.74. The van der Waals surface area contributed by atoms with Crippen LogP contribution in [-0.2, 0) is 9.59 Å². The predicted octanol–water partition coefficient (Wildman–Crippen LogP) is -0.427. The molecule has 0 aromatic rings. The fourth-order valence-corrected chi connectivity index (χ4v) is 0.939. The molecular formula is C6H12N2O3S. The molecule has 1 amide bonds.